The number of aliphatic hydroxyl groups is 1. The molecule has 178 valence electrons. The monoisotopic (exact) mass is 462 g/mol. The number of hydrogen-bond acceptors (Lipinski definition) is 4. The molecule has 0 radical (unpaired) electrons. The second-order valence-electron chi connectivity index (χ2n) is 9.71. The molecule has 1 amide bonds. The third kappa shape index (κ3) is 4.62. The summed E-state index contributed by atoms with van der Waals surface area (Å²) in [5, 5.41) is 19.7. The number of carbonyl (C=O) groups excluding carboxylic acids is 1. The van der Waals surface area contributed by atoms with Gasteiger partial charge in [-0.15, -0.1) is 5.10 Å². The van der Waals surface area contributed by atoms with Crippen LogP contribution in [0.5, 0.6) is 0 Å². The van der Waals surface area contributed by atoms with E-state index in [0.29, 0.717) is 18.7 Å². The predicted octanol–water partition coefficient (Wildman–Crippen LogP) is 4.85. The van der Waals surface area contributed by atoms with E-state index in [1.54, 1.807) is 23.0 Å². The van der Waals surface area contributed by atoms with Gasteiger partial charge in [0.15, 0.2) is 0 Å². The van der Waals surface area contributed by atoms with Crippen molar-refractivity contribution in [2.45, 2.75) is 63.6 Å². The van der Waals surface area contributed by atoms with E-state index >= 15 is 0 Å². The SMILES string of the molecule is Cc1ccc([C@H]2C[C@H](O)[C@@H](n3cc(-c4ccc(F)cc4)nn3)CN2C(=O)C2CCCCC2)cc1. The Morgan fingerprint density at radius 3 is 2.44 bits per heavy atom. The molecule has 2 aliphatic rings. The molecule has 2 fully saturated rings. The van der Waals surface area contributed by atoms with E-state index in [1.807, 2.05) is 11.8 Å². The van der Waals surface area contributed by atoms with Crippen LogP contribution < -0.4 is 0 Å². The zero-order chi connectivity index (χ0) is 23.7. The van der Waals surface area contributed by atoms with E-state index in [4.69, 9.17) is 0 Å². The normalized spacial score (nSPS) is 23.7. The first-order chi connectivity index (χ1) is 16.5. The van der Waals surface area contributed by atoms with Gasteiger partial charge in [-0.2, -0.15) is 0 Å². The number of carbonyl (C=O) groups is 1. The molecule has 7 heteroatoms. The lowest BCUT2D eigenvalue weighted by molar-refractivity contribution is -0.144. The second kappa shape index (κ2) is 9.66. The average molecular weight is 463 g/mol. The number of hydrogen-bond donors (Lipinski definition) is 1. The largest absolute Gasteiger partial charge is 0.391 e. The zero-order valence-corrected chi connectivity index (χ0v) is 19.5. The van der Waals surface area contributed by atoms with Gasteiger partial charge in [-0.25, -0.2) is 9.07 Å². The summed E-state index contributed by atoms with van der Waals surface area (Å²) in [4.78, 5) is 15.7. The lowest BCUT2D eigenvalue weighted by atomic mass is 9.85. The van der Waals surface area contributed by atoms with Crippen LogP contribution in [0.2, 0.25) is 0 Å². The number of piperidine rings is 1. The summed E-state index contributed by atoms with van der Waals surface area (Å²) in [6.07, 6.45) is 6.78. The van der Waals surface area contributed by atoms with Crippen LogP contribution in [0.4, 0.5) is 4.39 Å². The third-order valence-corrected chi connectivity index (χ3v) is 7.36. The Morgan fingerprint density at radius 1 is 1.03 bits per heavy atom. The molecule has 1 N–H and O–H groups in total. The van der Waals surface area contributed by atoms with Gasteiger partial charge >= 0.3 is 0 Å². The fourth-order valence-electron chi connectivity index (χ4n) is 5.35. The highest BCUT2D eigenvalue weighted by Gasteiger charge is 2.41. The molecule has 1 saturated heterocycles. The minimum absolute atomic E-state index is 0.0445. The van der Waals surface area contributed by atoms with Crippen molar-refractivity contribution in [1.29, 1.82) is 0 Å². The Bertz CT molecular complexity index is 1120. The molecule has 1 aliphatic carbocycles. The number of benzene rings is 2. The Morgan fingerprint density at radius 2 is 1.74 bits per heavy atom. The lowest BCUT2D eigenvalue weighted by Gasteiger charge is -2.44. The van der Waals surface area contributed by atoms with Gasteiger partial charge in [-0.05, 0) is 49.6 Å². The molecule has 3 atom stereocenters. The molecule has 6 nitrogen and oxygen atoms in total. The number of aryl methyl sites for hydroxylation is 1. The first-order valence-electron chi connectivity index (χ1n) is 12.2. The number of nitrogens with zero attached hydrogens (tertiary/aromatic N) is 4. The predicted molar refractivity (Wildman–Crippen MR) is 127 cm³/mol. The highest BCUT2D eigenvalue weighted by atomic mass is 19.1. The Labute approximate surface area is 199 Å². The van der Waals surface area contributed by atoms with Gasteiger partial charge in [-0.1, -0.05) is 54.3 Å². The quantitative estimate of drug-likeness (QED) is 0.602. The van der Waals surface area contributed by atoms with Gasteiger partial charge < -0.3 is 10.0 Å². The van der Waals surface area contributed by atoms with Crippen molar-refractivity contribution in [1.82, 2.24) is 19.9 Å². The van der Waals surface area contributed by atoms with E-state index in [-0.39, 0.29) is 23.7 Å². The molecule has 0 spiro atoms. The van der Waals surface area contributed by atoms with Crippen molar-refractivity contribution in [2.24, 2.45) is 5.92 Å². The Balaban J connectivity index is 1.43. The molecule has 3 aromatic rings. The van der Waals surface area contributed by atoms with Crippen molar-refractivity contribution in [2.75, 3.05) is 6.54 Å². The highest BCUT2D eigenvalue weighted by Crippen LogP contribution is 2.38. The molecule has 1 aromatic heterocycles. The van der Waals surface area contributed by atoms with Gasteiger partial charge in [0.05, 0.1) is 24.4 Å². The van der Waals surface area contributed by atoms with Gasteiger partial charge in [0.1, 0.15) is 11.5 Å². The van der Waals surface area contributed by atoms with E-state index in [2.05, 4.69) is 34.6 Å². The van der Waals surface area contributed by atoms with E-state index in [1.165, 1.54) is 24.1 Å². The summed E-state index contributed by atoms with van der Waals surface area (Å²) in [5.74, 6) is -0.0815. The summed E-state index contributed by atoms with van der Waals surface area (Å²) in [6.45, 7) is 2.42. The van der Waals surface area contributed by atoms with E-state index in [0.717, 1.165) is 36.8 Å². The van der Waals surface area contributed by atoms with Gasteiger partial charge in [0.25, 0.3) is 0 Å². The highest BCUT2D eigenvalue weighted by molar-refractivity contribution is 5.79. The fraction of sp³-hybridized carbons (Fsp3) is 0.444. The topological polar surface area (TPSA) is 71.2 Å². The maximum Gasteiger partial charge on any atom is 0.226 e. The van der Waals surface area contributed by atoms with Crippen LogP contribution in [0.25, 0.3) is 11.3 Å². The molecular weight excluding hydrogens is 431 g/mol. The summed E-state index contributed by atoms with van der Waals surface area (Å²) >= 11 is 0. The maximum absolute atomic E-state index is 13.7. The molecule has 2 aromatic carbocycles. The van der Waals surface area contributed by atoms with Crippen molar-refractivity contribution in [3.8, 4) is 11.3 Å². The van der Waals surface area contributed by atoms with Gasteiger partial charge in [0.2, 0.25) is 5.91 Å². The second-order valence-corrected chi connectivity index (χ2v) is 9.71. The third-order valence-electron chi connectivity index (χ3n) is 7.36. The van der Waals surface area contributed by atoms with Crippen molar-refractivity contribution >= 4 is 5.91 Å². The van der Waals surface area contributed by atoms with Gasteiger partial charge in [0, 0.05) is 24.4 Å². The number of aromatic nitrogens is 3. The summed E-state index contributed by atoms with van der Waals surface area (Å²) in [7, 11) is 0. The number of rotatable bonds is 4. The average Bonchev–Trinajstić information content (AvgIpc) is 3.35. The van der Waals surface area contributed by atoms with Gasteiger partial charge in [-0.3, -0.25) is 4.79 Å². The standard InChI is InChI=1S/C27H31FN4O2/c1-18-7-9-20(10-8-18)24-15-26(33)25(17-31(24)27(34)21-5-3-2-4-6-21)32-16-23(29-30-32)19-11-13-22(28)14-12-19/h7-14,16,21,24-26,33H,2-6,15,17H2,1H3/t24-,25+,26+/m1/s1. The Kier molecular flexibility index (Phi) is 6.46. The van der Waals surface area contributed by atoms with Crippen LogP contribution >= 0.6 is 0 Å². The van der Waals surface area contributed by atoms with Crippen LogP contribution in [0.1, 0.15) is 61.7 Å². The molecular formula is C27H31FN4O2. The van der Waals surface area contributed by atoms with Crippen LogP contribution in [-0.4, -0.2) is 43.6 Å². The molecule has 0 bridgehead atoms. The number of likely N-dealkylation sites (tertiary alicyclic amines) is 1. The minimum Gasteiger partial charge on any atom is -0.391 e. The minimum atomic E-state index is -0.676. The number of halogens is 1. The first-order valence-corrected chi connectivity index (χ1v) is 12.2. The molecule has 1 aliphatic heterocycles. The van der Waals surface area contributed by atoms with E-state index < -0.39 is 12.1 Å². The molecule has 34 heavy (non-hydrogen) atoms. The van der Waals surface area contributed by atoms with E-state index in [9.17, 15) is 14.3 Å². The number of aliphatic hydroxyl groups excluding tert-OH is 1. The molecule has 5 rings (SSSR count). The van der Waals surface area contributed by atoms with Crippen LogP contribution in [0.3, 0.4) is 0 Å². The van der Waals surface area contributed by atoms with Crippen LogP contribution in [-0.2, 0) is 4.79 Å². The lowest BCUT2D eigenvalue weighted by Crippen LogP contribution is -2.50. The smallest absolute Gasteiger partial charge is 0.226 e. The van der Waals surface area contributed by atoms with Crippen molar-refractivity contribution in [3.05, 3.63) is 71.7 Å². The Hall–Kier alpha value is -3.06. The summed E-state index contributed by atoms with van der Waals surface area (Å²) < 4.78 is 15.0. The van der Waals surface area contributed by atoms with Crippen molar-refractivity contribution in [3.63, 3.8) is 0 Å². The maximum atomic E-state index is 13.7. The first kappa shape index (κ1) is 22.7. The summed E-state index contributed by atoms with van der Waals surface area (Å²) in [5.41, 5.74) is 3.58. The number of amides is 1. The molecule has 0 unspecified atom stereocenters. The summed E-state index contributed by atoms with van der Waals surface area (Å²) in [6, 6.07) is 13.8. The zero-order valence-electron chi connectivity index (χ0n) is 19.5. The fourth-order valence-corrected chi connectivity index (χ4v) is 5.35. The molecule has 1 saturated carbocycles. The van der Waals surface area contributed by atoms with Crippen LogP contribution in [0, 0.1) is 18.7 Å². The van der Waals surface area contributed by atoms with Crippen molar-refractivity contribution < 1.29 is 14.3 Å². The molecule has 2 heterocycles. The van der Waals surface area contributed by atoms with Crippen LogP contribution in [0.15, 0.2) is 54.7 Å².